The van der Waals surface area contributed by atoms with Crippen molar-refractivity contribution >= 4 is 0 Å². The van der Waals surface area contributed by atoms with E-state index in [1.807, 2.05) is 0 Å². The van der Waals surface area contributed by atoms with E-state index in [9.17, 15) is 0 Å². The van der Waals surface area contributed by atoms with Crippen LogP contribution < -0.4 is 0 Å². The number of rotatable bonds is 1. The summed E-state index contributed by atoms with van der Waals surface area (Å²) in [6.07, 6.45) is 8.66. The maximum atomic E-state index is 2.68. The van der Waals surface area contributed by atoms with Crippen LogP contribution in [0.25, 0.3) is 0 Å². The van der Waals surface area contributed by atoms with Gasteiger partial charge in [-0.3, -0.25) is 4.90 Å². The van der Waals surface area contributed by atoms with Gasteiger partial charge >= 0.3 is 0 Å². The van der Waals surface area contributed by atoms with Crippen LogP contribution in [0.15, 0.2) is 0 Å². The van der Waals surface area contributed by atoms with Gasteiger partial charge < -0.3 is 0 Å². The Labute approximate surface area is 95.2 Å². The van der Waals surface area contributed by atoms with Gasteiger partial charge in [0.15, 0.2) is 0 Å². The molecule has 0 amide bonds. The first-order chi connectivity index (χ1) is 7.06. The first-order valence-corrected chi connectivity index (χ1v) is 6.79. The van der Waals surface area contributed by atoms with Crippen LogP contribution in [-0.4, -0.2) is 23.5 Å². The van der Waals surface area contributed by atoms with Crippen LogP contribution in [0, 0.1) is 11.8 Å². The van der Waals surface area contributed by atoms with Gasteiger partial charge in [0.2, 0.25) is 0 Å². The number of piperidine rings is 1. The Kier molecular flexibility index (Phi) is 3.12. The molecule has 1 saturated carbocycles. The van der Waals surface area contributed by atoms with E-state index in [4.69, 9.17) is 0 Å². The molecule has 3 unspecified atom stereocenters. The molecule has 3 atom stereocenters. The van der Waals surface area contributed by atoms with Crippen molar-refractivity contribution < 1.29 is 0 Å². The lowest BCUT2D eigenvalue weighted by atomic mass is 9.66. The number of nitrogens with zero attached hydrogens (tertiary/aromatic N) is 1. The van der Waals surface area contributed by atoms with Crippen molar-refractivity contribution in [3.63, 3.8) is 0 Å². The van der Waals surface area contributed by atoms with Gasteiger partial charge in [0.1, 0.15) is 0 Å². The van der Waals surface area contributed by atoms with Gasteiger partial charge in [-0.2, -0.15) is 0 Å². The highest BCUT2D eigenvalue weighted by Crippen LogP contribution is 2.45. The molecule has 2 rings (SSSR count). The van der Waals surface area contributed by atoms with E-state index >= 15 is 0 Å². The summed E-state index contributed by atoms with van der Waals surface area (Å²) in [6.45, 7) is 7.25. The lowest BCUT2D eigenvalue weighted by molar-refractivity contribution is -0.0465. The molecule has 1 heterocycles. The molecule has 1 nitrogen and oxygen atoms in total. The fourth-order valence-electron chi connectivity index (χ4n) is 4.00. The summed E-state index contributed by atoms with van der Waals surface area (Å²) in [5, 5.41) is 0. The Morgan fingerprint density at radius 2 is 1.87 bits per heavy atom. The second-order valence-electron chi connectivity index (χ2n) is 6.31. The largest absolute Gasteiger partial charge is 0.298 e. The second kappa shape index (κ2) is 4.08. The van der Waals surface area contributed by atoms with E-state index in [-0.39, 0.29) is 0 Å². The van der Waals surface area contributed by atoms with Crippen LogP contribution in [0.5, 0.6) is 0 Å². The third-order valence-corrected chi connectivity index (χ3v) is 5.13. The van der Waals surface area contributed by atoms with Gasteiger partial charge in [-0.25, -0.2) is 0 Å². The van der Waals surface area contributed by atoms with Crippen LogP contribution in [0.2, 0.25) is 0 Å². The first kappa shape index (κ1) is 11.4. The standard InChI is InChI=1S/C14H27N/c1-5-11-10-14(2,3)15(4)13-9-7-6-8-12(11)13/h11-13H,5-10H2,1-4H3. The van der Waals surface area contributed by atoms with E-state index in [0.717, 1.165) is 17.9 Å². The summed E-state index contributed by atoms with van der Waals surface area (Å²) in [7, 11) is 2.36. The minimum absolute atomic E-state index is 0.430. The molecule has 0 radical (unpaired) electrons. The molecule has 0 bridgehead atoms. The molecular formula is C14H27N. The first-order valence-electron chi connectivity index (χ1n) is 6.79. The van der Waals surface area contributed by atoms with E-state index in [1.54, 1.807) is 0 Å². The zero-order valence-corrected chi connectivity index (χ0v) is 10.9. The van der Waals surface area contributed by atoms with E-state index < -0.39 is 0 Å². The molecule has 0 aromatic heterocycles. The predicted molar refractivity (Wildman–Crippen MR) is 66.0 cm³/mol. The van der Waals surface area contributed by atoms with E-state index in [1.165, 1.54) is 38.5 Å². The maximum Gasteiger partial charge on any atom is 0.0156 e. The number of hydrogen-bond donors (Lipinski definition) is 0. The fourth-order valence-corrected chi connectivity index (χ4v) is 4.00. The summed E-state index contributed by atoms with van der Waals surface area (Å²) in [5.74, 6) is 1.99. The Balaban J connectivity index is 2.18. The van der Waals surface area contributed by atoms with Gasteiger partial charge in [-0.05, 0) is 52.0 Å². The zero-order valence-electron chi connectivity index (χ0n) is 10.9. The monoisotopic (exact) mass is 209 g/mol. The van der Waals surface area contributed by atoms with Crippen LogP contribution in [0.3, 0.4) is 0 Å². The maximum absolute atomic E-state index is 2.68. The molecular weight excluding hydrogens is 182 g/mol. The Morgan fingerprint density at radius 3 is 2.53 bits per heavy atom. The molecule has 1 saturated heterocycles. The lowest BCUT2D eigenvalue weighted by Crippen LogP contribution is -2.58. The Hall–Kier alpha value is -0.0400. The molecule has 0 aromatic carbocycles. The number of likely N-dealkylation sites (tertiary alicyclic amines) is 1. The zero-order chi connectivity index (χ0) is 11.1. The van der Waals surface area contributed by atoms with Crippen molar-refractivity contribution in [3.05, 3.63) is 0 Å². The fraction of sp³-hybridized carbons (Fsp3) is 1.00. The van der Waals surface area contributed by atoms with E-state index in [0.29, 0.717) is 5.54 Å². The summed E-state index contributed by atoms with van der Waals surface area (Å²) < 4.78 is 0. The quantitative estimate of drug-likeness (QED) is 0.636. The van der Waals surface area contributed by atoms with Gasteiger partial charge in [-0.15, -0.1) is 0 Å². The Bertz CT molecular complexity index is 221. The molecule has 0 aromatic rings. The van der Waals surface area contributed by atoms with E-state index in [2.05, 4.69) is 32.7 Å². The molecule has 15 heavy (non-hydrogen) atoms. The van der Waals surface area contributed by atoms with Crippen LogP contribution in [0.1, 0.15) is 59.3 Å². The summed E-state index contributed by atoms with van der Waals surface area (Å²) >= 11 is 0. The molecule has 1 aliphatic heterocycles. The summed E-state index contributed by atoms with van der Waals surface area (Å²) in [6, 6.07) is 0.882. The third-order valence-electron chi connectivity index (χ3n) is 5.13. The van der Waals surface area contributed by atoms with Gasteiger partial charge in [0, 0.05) is 11.6 Å². The molecule has 2 aliphatic rings. The van der Waals surface area contributed by atoms with Crippen molar-refractivity contribution in [3.8, 4) is 0 Å². The third kappa shape index (κ3) is 1.95. The average Bonchev–Trinajstić information content (AvgIpc) is 2.24. The van der Waals surface area contributed by atoms with Gasteiger partial charge in [0.25, 0.3) is 0 Å². The molecule has 88 valence electrons. The highest BCUT2D eigenvalue weighted by Gasteiger charge is 2.44. The smallest absolute Gasteiger partial charge is 0.0156 e. The number of hydrogen-bond acceptors (Lipinski definition) is 1. The topological polar surface area (TPSA) is 3.24 Å². The van der Waals surface area contributed by atoms with Crippen LogP contribution >= 0.6 is 0 Å². The van der Waals surface area contributed by atoms with Gasteiger partial charge in [-0.1, -0.05) is 26.2 Å². The average molecular weight is 209 g/mol. The van der Waals surface area contributed by atoms with Crippen molar-refractivity contribution in [2.75, 3.05) is 7.05 Å². The molecule has 2 fully saturated rings. The summed E-state index contributed by atoms with van der Waals surface area (Å²) in [5.41, 5.74) is 0.430. The molecule has 0 N–H and O–H groups in total. The molecule has 1 heteroatoms. The van der Waals surface area contributed by atoms with Gasteiger partial charge in [0.05, 0.1) is 0 Å². The highest BCUT2D eigenvalue weighted by atomic mass is 15.2. The number of fused-ring (bicyclic) bond motifs is 1. The normalized spacial score (nSPS) is 41.2. The predicted octanol–water partition coefficient (Wildman–Crippen LogP) is 3.69. The highest BCUT2D eigenvalue weighted by molar-refractivity contribution is 4.98. The van der Waals surface area contributed by atoms with Crippen LogP contribution in [0.4, 0.5) is 0 Å². The lowest BCUT2D eigenvalue weighted by Gasteiger charge is -2.55. The van der Waals surface area contributed by atoms with Crippen molar-refractivity contribution in [1.29, 1.82) is 0 Å². The minimum atomic E-state index is 0.430. The second-order valence-corrected chi connectivity index (χ2v) is 6.31. The van der Waals surface area contributed by atoms with Crippen molar-refractivity contribution in [2.45, 2.75) is 70.9 Å². The Morgan fingerprint density at radius 1 is 1.20 bits per heavy atom. The van der Waals surface area contributed by atoms with Crippen molar-refractivity contribution in [2.24, 2.45) is 11.8 Å². The summed E-state index contributed by atoms with van der Waals surface area (Å²) in [4.78, 5) is 2.68. The SMILES string of the molecule is CCC1CC(C)(C)N(C)C2CCCCC12. The molecule has 1 aliphatic carbocycles. The van der Waals surface area contributed by atoms with Crippen molar-refractivity contribution in [1.82, 2.24) is 4.90 Å². The molecule has 0 spiro atoms. The minimum Gasteiger partial charge on any atom is -0.298 e. The van der Waals surface area contributed by atoms with Crippen LogP contribution in [-0.2, 0) is 0 Å².